The van der Waals surface area contributed by atoms with E-state index in [1.54, 1.807) is 24.3 Å². The number of rotatable bonds is 10. The molecular formula is C19H28O4. The lowest BCUT2D eigenvalue weighted by molar-refractivity contribution is -0.137. The molecule has 23 heavy (non-hydrogen) atoms. The lowest BCUT2D eigenvalue weighted by atomic mass is 10.1. The van der Waals surface area contributed by atoms with Crippen molar-refractivity contribution in [2.75, 3.05) is 0 Å². The zero-order valence-corrected chi connectivity index (χ0v) is 14.5. The maximum atomic E-state index is 11.9. The van der Waals surface area contributed by atoms with Crippen LogP contribution in [0.5, 0.6) is 11.5 Å². The Bertz CT molecular complexity index is 494. The van der Waals surface area contributed by atoms with Crippen LogP contribution in [0, 0.1) is 5.92 Å². The average molecular weight is 320 g/mol. The van der Waals surface area contributed by atoms with Crippen LogP contribution >= 0.6 is 0 Å². The second-order valence-electron chi connectivity index (χ2n) is 6.14. The number of hydrogen-bond donors (Lipinski definition) is 0. The molecule has 0 N–H and O–H groups in total. The lowest BCUT2D eigenvalue weighted by Crippen LogP contribution is -2.12. The molecule has 0 radical (unpaired) electrons. The van der Waals surface area contributed by atoms with Gasteiger partial charge in [-0.1, -0.05) is 52.2 Å². The lowest BCUT2D eigenvalue weighted by Gasteiger charge is -2.11. The van der Waals surface area contributed by atoms with E-state index in [1.807, 2.05) is 0 Å². The molecule has 0 amide bonds. The third kappa shape index (κ3) is 8.38. The van der Waals surface area contributed by atoms with Gasteiger partial charge in [0.15, 0.2) is 11.5 Å². The predicted molar refractivity (Wildman–Crippen MR) is 90.5 cm³/mol. The maximum absolute atomic E-state index is 11.9. The molecule has 128 valence electrons. The predicted octanol–water partition coefficient (Wildman–Crippen LogP) is 4.90. The minimum absolute atomic E-state index is 0.285. The van der Waals surface area contributed by atoms with Gasteiger partial charge < -0.3 is 9.47 Å². The maximum Gasteiger partial charge on any atom is 0.311 e. The van der Waals surface area contributed by atoms with Gasteiger partial charge in [0.25, 0.3) is 0 Å². The number of hydrogen-bond acceptors (Lipinski definition) is 4. The molecule has 1 aromatic carbocycles. The zero-order chi connectivity index (χ0) is 17.1. The van der Waals surface area contributed by atoms with Gasteiger partial charge in [-0.25, -0.2) is 0 Å². The molecule has 0 aliphatic rings. The van der Waals surface area contributed by atoms with Gasteiger partial charge >= 0.3 is 11.9 Å². The molecule has 4 nitrogen and oxygen atoms in total. The largest absolute Gasteiger partial charge is 0.423 e. The molecule has 4 heteroatoms. The Morgan fingerprint density at radius 3 is 2.00 bits per heavy atom. The van der Waals surface area contributed by atoms with Gasteiger partial charge in [-0.2, -0.15) is 0 Å². The monoisotopic (exact) mass is 320 g/mol. The van der Waals surface area contributed by atoms with Crippen LogP contribution in [0.1, 0.15) is 65.7 Å². The van der Waals surface area contributed by atoms with Crippen molar-refractivity contribution in [1.82, 2.24) is 0 Å². The summed E-state index contributed by atoms with van der Waals surface area (Å²) in [7, 11) is 0. The summed E-state index contributed by atoms with van der Waals surface area (Å²) in [4.78, 5) is 23.7. The molecule has 0 fully saturated rings. The number of ether oxygens (including phenoxy) is 2. The quantitative estimate of drug-likeness (QED) is 0.349. The first-order chi connectivity index (χ1) is 11.0. The number of unbranched alkanes of at least 4 members (excludes halogenated alkanes) is 3. The Balaban J connectivity index is 2.52. The molecule has 0 saturated heterocycles. The van der Waals surface area contributed by atoms with E-state index in [-0.39, 0.29) is 11.9 Å². The van der Waals surface area contributed by atoms with Crippen molar-refractivity contribution in [3.63, 3.8) is 0 Å². The SMILES string of the molecule is CCCCCCC(=O)Oc1ccccc1OC(=O)CCC(C)C. The summed E-state index contributed by atoms with van der Waals surface area (Å²) in [6.07, 6.45) is 5.62. The van der Waals surface area contributed by atoms with Crippen LogP contribution in [-0.2, 0) is 9.59 Å². The summed E-state index contributed by atoms with van der Waals surface area (Å²) in [5.74, 6) is 0.477. The molecular weight excluding hydrogens is 292 g/mol. The molecule has 0 atom stereocenters. The van der Waals surface area contributed by atoms with E-state index in [2.05, 4.69) is 20.8 Å². The van der Waals surface area contributed by atoms with Crippen LogP contribution in [0.15, 0.2) is 24.3 Å². The van der Waals surface area contributed by atoms with E-state index in [0.717, 1.165) is 32.1 Å². The van der Waals surface area contributed by atoms with E-state index in [4.69, 9.17) is 9.47 Å². The normalized spacial score (nSPS) is 10.6. The molecule has 0 aliphatic heterocycles. The highest BCUT2D eigenvalue weighted by Gasteiger charge is 2.13. The molecule has 0 heterocycles. The Labute approximate surface area is 139 Å². The fraction of sp³-hybridized carbons (Fsp3) is 0.579. The second kappa shape index (κ2) is 10.8. The molecule has 0 saturated carbocycles. The van der Waals surface area contributed by atoms with Crippen molar-refractivity contribution < 1.29 is 19.1 Å². The molecule has 0 aliphatic carbocycles. The van der Waals surface area contributed by atoms with Gasteiger partial charge in [0.1, 0.15) is 0 Å². The molecule has 0 aromatic heterocycles. The molecule has 1 aromatic rings. The van der Waals surface area contributed by atoms with Gasteiger partial charge in [-0.3, -0.25) is 9.59 Å². The fourth-order valence-corrected chi connectivity index (χ4v) is 2.07. The molecule has 0 bridgehead atoms. The highest BCUT2D eigenvalue weighted by molar-refractivity contribution is 5.76. The zero-order valence-electron chi connectivity index (χ0n) is 14.5. The van der Waals surface area contributed by atoms with E-state index < -0.39 is 0 Å². The van der Waals surface area contributed by atoms with Crippen molar-refractivity contribution in [2.45, 2.75) is 65.7 Å². The van der Waals surface area contributed by atoms with E-state index in [1.165, 1.54) is 0 Å². The van der Waals surface area contributed by atoms with Crippen molar-refractivity contribution >= 4 is 11.9 Å². The van der Waals surface area contributed by atoms with Crippen molar-refractivity contribution in [1.29, 1.82) is 0 Å². The number of benzene rings is 1. The van der Waals surface area contributed by atoms with Crippen molar-refractivity contribution in [3.8, 4) is 11.5 Å². The first kappa shape index (κ1) is 19.2. The summed E-state index contributed by atoms with van der Waals surface area (Å²) in [6.45, 7) is 6.24. The molecule has 1 rings (SSSR count). The Morgan fingerprint density at radius 1 is 0.913 bits per heavy atom. The first-order valence-electron chi connectivity index (χ1n) is 8.53. The number of carbonyl (C=O) groups is 2. The molecule has 0 spiro atoms. The van der Waals surface area contributed by atoms with Gasteiger partial charge in [-0.05, 0) is 30.9 Å². The van der Waals surface area contributed by atoms with Crippen LogP contribution < -0.4 is 9.47 Å². The minimum atomic E-state index is -0.301. The van der Waals surface area contributed by atoms with Crippen LogP contribution in [0.4, 0.5) is 0 Å². The third-order valence-electron chi connectivity index (χ3n) is 3.46. The first-order valence-corrected chi connectivity index (χ1v) is 8.53. The summed E-state index contributed by atoms with van der Waals surface area (Å²) in [5.41, 5.74) is 0. The second-order valence-corrected chi connectivity index (χ2v) is 6.14. The summed E-state index contributed by atoms with van der Waals surface area (Å²) in [6, 6.07) is 6.80. The topological polar surface area (TPSA) is 52.6 Å². The van der Waals surface area contributed by atoms with E-state index >= 15 is 0 Å². The Kier molecular flexibility index (Phi) is 9.03. The van der Waals surface area contributed by atoms with Crippen LogP contribution in [-0.4, -0.2) is 11.9 Å². The number of carbonyl (C=O) groups excluding carboxylic acids is 2. The number of esters is 2. The van der Waals surface area contributed by atoms with Gasteiger partial charge in [0.05, 0.1) is 0 Å². The Hall–Kier alpha value is -1.84. The standard InChI is InChI=1S/C19H28O4/c1-4-5-6-7-12-18(20)22-16-10-8-9-11-17(16)23-19(21)14-13-15(2)3/h8-11,15H,4-7,12-14H2,1-3H3. The smallest absolute Gasteiger partial charge is 0.311 e. The van der Waals surface area contributed by atoms with Gasteiger partial charge in [0.2, 0.25) is 0 Å². The van der Waals surface area contributed by atoms with Crippen LogP contribution in [0.2, 0.25) is 0 Å². The van der Waals surface area contributed by atoms with Crippen LogP contribution in [0.25, 0.3) is 0 Å². The highest BCUT2D eigenvalue weighted by Crippen LogP contribution is 2.27. The Morgan fingerprint density at radius 2 is 1.48 bits per heavy atom. The van der Waals surface area contributed by atoms with E-state index in [9.17, 15) is 9.59 Å². The summed E-state index contributed by atoms with van der Waals surface area (Å²) in [5, 5.41) is 0. The third-order valence-corrected chi connectivity index (χ3v) is 3.46. The van der Waals surface area contributed by atoms with Gasteiger partial charge in [-0.15, -0.1) is 0 Å². The van der Waals surface area contributed by atoms with Crippen LogP contribution in [0.3, 0.4) is 0 Å². The summed E-state index contributed by atoms with van der Waals surface area (Å²) < 4.78 is 10.7. The summed E-state index contributed by atoms with van der Waals surface area (Å²) >= 11 is 0. The van der Waals surface area contributed by atoms with E-state index in [0.29, 0.717) is 30.3 Å². The van der Waals surface area contributed by atoms with Crippen molar-refractivity contribution in [3.05, 3.63) is 24.3 Å². The molecule has 0 unspecified atom stereocenters. The average Bonchev–Trinajstić information content (AvgIpc) is 2.51. The highest BCUT2D eigenvalue weighted by atomic mass is 16.6. The van der Waals surface area contributed by atoms with Crippen molar-refractivity contribution in [2.24, 2.45) is 5.92 Å². The fourth-order valence-electron chi connectivity index (χ4n) is 2.07. The van der Waals surface area contributed by atoms with Gasteiger partial charge in [0, 0.05) is 12.8 Å². The minimum Gasteiger partial charge on any atom is -0.423 e. The number of para-hydroxylation sites is 2.